The van der Waals surface area contributed by atoms with Gasteiger partial charge in [0.2, 0.25) is 0 Å². The summed E-state index contributed by atoms with van der Waals surface area (Å²) in [5.74, 6) is -1.66. The van der Waals surface area contributed by atoms with Gasteiger partial charge in [0.25, 0.3) is 17.7 Å². The third-order valence-electron chi connectivity index (χ3n) is 5.07. The Morgan fingerprint density at radius 3 is 2.51 bits per heavy atom. The molecule has 0 aliphatic carbocycles. The summed E-state index contributed by atoms with van der Waals surface area (Å²) in [6, 6.07) is 19.7. The van der Waals surface area contributed by atoms with Crippen molar-refractivity contribution in [2.24, 2.45) is 0 Å². The zero-order valence-electron chi connectivity index (χ0n) is 18.6. The van der Waals surface area contributed by atoms with Gasteiger partial charge >= 0.3 is 6.03 Å². The Kier molecular flexibility index (Phi) is 7.07. The number of carbonyl (C=O) groups excluding carboxylic acids is 4. The fraction of sp³-hybridized carbons (Fsp3) is 0.0769. The number of nitrogens with one attached hydrogen (secondary N) is 2. The number of nitrogens with zero attached hydrogens (tertiary/aromatic N) is 1. The van der Waals surface area contributed by atoms with Crippen molar-refractivity contribution >= 4 is 57.1 Å². The maximum Gasteiger partial charge on any atom is 0.335 e. The van der Waals surface area contributed by atoms with Crippen LogP contribution in [0.4, 0.5) is 16.2 Å². The number of rotatable bonds is 6. The van der Waals surface area contributed by atoms with Crippen LogP contribution in [0.5, 0.6) is 5.75 Å². The summed E-state index contributed by atoms with van der Waals surface area (Å²) in [6.45, 7) is 1.64. The first-order valence-corrected chi connectivity index (χ1v) is 11.4. The molecular formula is C26H20BrN3O5. The predicted octanol–water partition coefficient (Wildman–Crippen LogP) is 4.44. The normalized spacial score (nSPS) is 14.6. The first-order valence-electron chi connectivity index (χ1n) is 10.6. The number of imide groups is 2. The molecule has 0 atom stereocenters. The third-order valence-corrected chi connectivity index (χ3v) is 5.59. The molecule has 3 aromatic carbocycles. The van der Waals surface area contributed by atoms with E-state index in [1.165, 1.54) is 6.08 Å². The summed E-state index contributed by atoms with van der Waals surface area (Å²) in [6.07, 6.45) is 1.34. The molecule has 1 saturated heterocycles. The highest BCUT2D eigenvalue weighted by Gasteiger charge is 2.36. The molecule has 3 aromatic rings. The van der Waals surface area contributed by atoms with Gasteiger partial charge in [-0.15, -0.1) is 0 Å². The number of amides is 5. The number of halogens is 1. The lowest BCUT2D eigenvalue weighted by molar-refractivity contribution is -0.122. The number of aryl methyl sites for hydroxylation is 1. The first-order chi connectivity index (χ1) is 16.8. The molecule has 176 valence electrons. The van der Waals surface area contributed by atoms with Gasteiger partial charge in [-0.3, -0.25) is 19.7 Å². The van der Waals surface area contributed by atoms with Gasteiger partial charge in [-0.25, -0.2) is 9.69 Å². The lowest BCUT2D eigenvalue weighted by Gasteiger charge is -2.26. The number of para-hydroxylation sites is 1. The van der Waals surface area contributed by atoms with Crippen molar-refractivity contribution in [1.29, 1.82) is 0 Å². The molecule has 9 heteroatoms. The number of hydrogen-bond donors (Lipinski definition) is 2. The fourth-order valence-electron chi connectivity index (χ4n) is 3.43. The van der Waals surface area contributed by atoms with Crippen LogP contribution in [0.25, 0.3) is 6.08 Å². The molecule has 1 aliphatic heterocycles. The molecule has 1 heterocycles. The van der Waals surface area contributed by atoms with E-state index in [-0.39, 0.29) is 18.1 Å². The Morgan fingerprint density at radius 1 is 1.03 bits per heavy atom. The predicted molar refractivity (Wildman–Crippen MR) is 135 cm³/mol. The molecule has 0 spiro atoms. The lowest BCUT2D eigenvalue weighted by Crippen LogP contribution is -2.54. The molecule has 35 heavy (non-hydrogen) atoms. The molecule has 0 unspecified atom stereocenters. The zero-order chi connectivity index (χ0) is 24.9. The van der Waals surface area contributed by atoms with E-state index in [9.17, 15) is 19.2 Å². The molecule has 1 fully saturated rings. The SMILES string of the molecule is Cc1cccc(NC(=O)COc2ccccc2/C=C2\C(=O)NC(=O)N(c3ccc(Br)cc3)C2=O)c1. The van der Waals surface area contributed by atoms with Gasteiger partial charge in [0, 0.05) is 15.7 Å². The second-order valence-corrected chi connectivity index (χ2v) is 8.59. The Balaban J connectivity index is 1.54. The van der Waals surface area contributed by atoms with Crippen molar-refractivity contribution in [2.45, 2.75) is 6.92 Å². The molecule has 0 saturated carbocycles. The van der Waals surface area contributed by atoms with Crippen molar-refractivity contribution in [1.82, 2.24) is 5.32 Å². The molecule has 0 bridgehead atoms. The summed E-state index contributed by atoms with van der Waals surface area (Å²) in [7, 11) is 0. The van der Waals surface area contributed by atoms with Crippen LogP contribution in [0.3, 0.4) is 0 Å². The third kappa shape index (κ3) is 5.64. The van der Waals surface area contributed by atoms with Gasteiger partial charge in [-0.2, -0.15) is 0 Å². The molecule has 8 nitrogen and oxygen atoms in total. The lowest BCUT2D eigenvalue weighted by atomic mass is 10.1. The van der Waals surface area contributed by atoms with Crippen molar-refractivity contribution in [3.8, 4) is 5.75 Å². The number of anilines is 2. The Labute approximate surface area is 209 Å². The highest BCUT2D eigenvalue weighted by atomic mass is 79.9. The standard InChI is InChI=1S/C26H20BrN3O5/c1-16-5-4-7-19(13-16)28-23(31)15-35-22-8-3-2-6-17(22)14-21-24(32)29-26(34)30(25(21)33)20-11-9-18(27)10-12-20/h2-14H,15H2,1H3,(H,28,31)(H,29,32,34)/b21-14+. The van der Waals surface area contributed by atoms with Crippen molar-refractivity contribution in [3.63, 3.8) is 0 Å². The number of barbiturate groups is 1. The van der Waals surface area contributed by atoms with E-state index in [4.69, 9.17) is 4.74 Å². The summed E-state index contributed by atoms with van der Waals surface area (Å²) in [5, 5.41) is 4.94. The van der Waals surface area contributed by atoms with Gasteiger partial charge in [0.05, 0.1) is 5.69 Å². The number of benzene rings is 3. The highest BCUT2D eigenvalue weighted by Crippen LogP contribution is 2.26. The van der Waals surface area contributed by atoms with Crippen LogP contribution in [-0.4, -0.2) is 30.4 Å². The zero-order valence-corrected chi connectivity index (χ0v) is 20.2. The van der Waals surface area contributed by atoms with Gasteiger partial charge in [-0.05, 0) is 61.0 Å². The van der Waals surface area contributed by atoms with Crippen molar-refractivity contribution < 1.29 is 23.9 Å². The number of hydrogen-bond acceptors (Lipinski definition) is 5. The van der Waals surface area contributed by atoms with Crippen molar-refractivity contribution in [2.75, 3.05) is 16.8 Å². The molecule has 0 radical (unpaired) electrons. The average Bonchev–Trinajstić information content (AvgIpc) is 2.82. The Hall–Kier alpha value is -4.24. The molecule has 5 amide bonds. The summed E-state index contributed by atoms with van der Waals surface area (Å²) in [5.41, 5.74) is 2.13. The van der Waals surface area contributed by atoms with Gasteiger partial charge in [-0.1, -0.05) is 46.3 Å². The minimum absolute atomic E-state index is 0.243. The average molecular weight is 534 g/mol. The summed E-state index contributed by atoms with van der Waals surface area (Å²) >= 11 is 3.31. The van der Waals surface area contributed by atoms with Crippen LogP contribution in [0.2, 0.25) is 0 Å². The van der Waals surface area contributed by atoms with Gasteiger partial charge in [0.15, 0.2) is 6.61 Å². The van der Waals surface area contributed by atoms with E-state index in [2.05, 4.69) is 26.6 Å². The number of urea groups is 1. The van der Waals surface area contributed by atoms with Crippen LogP contribution in [0.15, 0.2) is 82.8 Å². The van der Waals surface area contributed by atoms with E-state index in [1.807, 2.05) is 25.1 Å². The second-order valence-electron chi connectivity index (χ2n) is 7.68. The molecule has 4 rings (SSSR count). The maximum absolute atomic E-state index is 13.1. The summed E-state index contributed by atoms with van der Waals surface area (Å²) in [4.78, 5) is 51.2. The van der Waals surface area contributed by atoms with E-state index in [0.717, 1.165) is 14.9 Å². The van der Waals surface area contributed by atoms with Crippen LogP contribution in [-0.2, 0) is 14.4 Å². The van der Waals surface area contributed by atoms with Crippen LogP contribution in [0.1, 0.15) is 11.1 Å². The molecule has 1 aliphatic rings. The summed E-state index contributed by atoms with van der Waals surface area (Å²) < 4.78 is 6.45. The van der Waals surface area contributed by atoms with E-state index in [0.29, 0.717) is 22.7 Å². The highest BCUT2D eigenvalue weighted by molar-refractivity contribution is 9.10. The minimum Gasteiger partial charge on any atom is -0.483 e. The largest absolute Gasteiger partial charge is 0.483 e. The molecule has 0 aromatic heterocycles. The van der Waals surface area contributed by atoms with Crippen LogP contribution in [0, 0.1) is 6.92 Å². The quantitative estimate of drug-likeness (QED) is 0.360. The minimum atomic E-state index is -0.836. The van der Waals surface area contributed by atoms with Gasteiger partial charge in [0.1, 0.15) is 11.3 Å². The van der Waals surface area contributed by atoms with Crippen molar-refractivity contribution in [3.05, 3.63) is 94.0 Å². The fourth-order valence-corrected chi connectivity index (χ4v) is 3.70. The number of ether oxygens (including phenoxy) is 1. The number of carbonyl (C=O) groups is 4. The van der Waals surface area contributed by atoms with Crippen LogP contribution < -0.4 is 20.3 Å². The molecule has 2 N–H and O–H groups in total. The maximum atomic E-state index is 13.1. The van der Waals surface area contributed by atoms with Crippen LogP contribution >= 0.6 is 15.9 Å². The van der Waals surface area contributed by atoms with E-state index >= 15 is 0 Å². The second kappa shape index (κ2) is 10.4. The topological polar surface area (TPSA) is 105 Å². The first kappa shape index (κ1) is 23.9. The molecular weight excluding hydrogens is 514 g/mol. The monoisotopic (exact) mass is 533 g/mol. The smallest absolute Gasteiger partial charge is 0.335 e. The van der Waals surface area contributed by atoms with E-state index in [1.54, 1.807) is 54.6 Å². The Morgan fingerprint density at radius 2 is 1.77 bits per heavy atom. The van der Waals surface area contributed by atoms with Gasteiger partial charge < -0.3 is 10.1 Å². The Bertz CT molecular complexity index is 1350. The van der Waals surface area contributed by atoms with E-state index < -0.39 is 17.8 Å².